The Balaban J connectivity index is 0.00000144. The molecule has 4 nitrogen and oxygen atoms in total. The van der Waals surface area contributed by atoms with Gasteiger partial charge >= 0.3 is 5.97 Å². The number of rotatable bonds is 4. The van der Waals surface area contributed by atoms with E-state index in [0.717, 1.165) is 16.7 Å². The van der Waals surface area contributed by atoms with Crippen molar-refractivity contribution in [1.82, 2.24) is 4.90 Å². The Hall–Kier alpha value is -1.52. The molecule has 0 aliphatic heterocycles. The lowest BCUT2D eigenvalue weighted by atomic mass is 10.2. The number of furan rings is 1. The monoisotopic (exact) mass is 255 g/mol. The van der Waals surface area contributed by atoms with Crippen molar-refractivity contribution in [2.24, 2.45) is 0 Å². The molecule has 1 aromatic carbocycles. The third kappa shape index (κ3) is 3.47. The van der Waals surface area contributed by atoms with Crippen LogP contribution in [0.25, 0.3) is 11.0 Å². The summed E-state index contributed by atoms with van der Waals surface area (Å²) in [6.07, 6.45) is 0. The highest BCUT2D eigenvalue weighted by atomic mass is 35.5. The molecule has 0 bridgehead atoms. The van der Waals surface area contributed by atoms with Crippen LogP contribution < -0.4 is 0 Å². The molecule has 0 atom stereocenters. The molecule has 0 unspecified atom stereocenters. The smallest absolute Gasteiger partial charge is 0.317 e. The summed E-state index contributed by atoms with van der Waals surface area (Å²) < 4.78 is 5.59. The van der Waals surface area contributed by atoms with Crippen molar-refractivity contribution >= 4 is 29.3 Å². The number of carbonyl (C=O) groups is 1. The number of benzene rings is 1. The maximum Gasteiger partial charge on any atom is 0.317 e. The normalized spacial score (nSPS) is 10.5. The second-order valence-electron chi connectivity index (χ2n) is 3.82. The zero-order chi connectivity index (χ0) is 11.5. The van der Waals surface area contributed by atoms with E-state index in [4.69, 9.17) is 9.52 Å². The molecule has 0 saturated carbocycles. The number of carboxylic acid groups (broad SMARTS) is 1. The first kappa shape index (κ1) is 13.5. The van der Waals surface area contributed by atoms with Crippen LogP contribution in [0.3, 0.4) is 0 Å². The Morgan fingerprint density at radius 3 is 2.76 bits per heavy atom. The van der Waals surface area contributed by atoms with Gasteiger partial charge < -0.3 is 9.52 Å². The van der Waals surface area contributed by atoms with Crippen LogP contribution in [0.1, 0.15) is 5.76 Å². The van der Waals surface area contributed by atoms with E-state index in [0.29, 0.717) is 6.54 Å². The van der Waals surface area contributed by atoms with Crippen molar-refractivity contribution in [3.05, 3.63) is 36.1 Å². The van der Waals surface area contributed by atoms with Crippen LogP contribution in [0, 0.1) is 0 Å². The van der Waals surface area contributed by atoms with Crippen molar-refractivity contribution in [2.75, 3.05) is 13.6 Å². The number of hydrogen-bond donors (Lipinski definition) is 1. The summed E-state index contributed by atoms with van der Waals surface area (Å²) in [7, 11) is 1.75. The topological polar surface area (TPSA) is 53.7 Å². The molecule has 0 aliphatic carbocycles. The van der Waals surface area contributed by atoms with E-state index in [1.54, 1.807) is 11.9 Å². The fourth-order valence-electron chi connectivity index (χ4n) is 1.67. The maximum absolute atomic E-state index is 10.5. The van der Waals surface area contributed by atoms with E-state index in [9.17, 15) is 4.79 Å². The maximum atomic E-state index is 10.5. The van der Waals surface area contributed by atoms with Gasteiger partial charge in [0.05, 0.1) is 13.1 Å². The number of halogens is 1. The molecule has 5 heteroatoms. The van der Waals surface area contributed by atoms with Gasteiger partial charge in [-0.2, -0.15) is 0 Å². The third-order valence-electron chi connectivity index (χ3n) is 2.31. The number of fused-ring (bicyclic) bond motifs is 1. The summed E-state index contributed by atoms with van der Waals surface area (Å²) in [5.74, 6) is -0.0523. The number of likely N-dealkylation sites (N-methyl/N-ethyl adjacent to an activating group) is 1. The van der Waals surface area contributed by atoms with Crippen LogP contribution in [0.2, 0.25) is 0 Å². The lowest BCUT2D eigenvalue weighted by molar-refractivity contribution is -0.138. The highest BCUT2D eigenvalue weighted by molar-refractivity contribution is 5.85. The van der Waals surface area contributed by atoms with E-state index >= 15 is 0 Å². The number of nitrogens with zero attached hydrogens (tertiary/aromatic N) is 1. The second-order valence-corrected chi connectivity index (χ2v) is 3.82. The van der Waals surface area contributed by atoms with Crippen molar-refractivity contribution in [3.8, 4) is 0 Å². The third-order valence-corrected chi connectivity index (χ3v) is 2.31. The Labute approximate surface area is 105 Å². The first-order valence-corrected chi connectivity index (χ1v) is 5.03. The van der Waals surface area contributed by atoms with E-state index in [1.165, 1.54) is 0 Å². The summed E-state index contributed by atoms with van der Waals surface area (Å²) in [6, 6.07) is 9.67. The van der Waals surface area contributed by atoms with Crippen LogP contribution in [0.4, 0.5) is 0 Å². The highest BCUT2D eigenvalue weighted by Gasteiger charge is 2.08. The van der Waals surface area contributed by atoms with E-state index in [1.807, 2.05) is 30.3 Å². The fraction of sp³-hybridized carbons (Fsp3) is 0.250. The minimum absolute atomic E-state index is 0. The van der Waals surface area contributed by atoms with Crippen molar-refractivity contribution < 1.29 is 14.3 Å². The van der Waals surface area contributed by atoms with E-state index < -0.39 is 5.97 Å². The molecule has 17 heavy (non-hydrogen) atoms. The molecule has 0 radical (unpaired) electrons. The molecule has 0 amide bonds. The molecule has 92 valence electrons. The van der Waals surface area contributed by atoms with Gasteiger partial charge in [-0.15, -0.1) is 12.4 Å². The van der Waals surface area contributed by atoms with Crippen LogP contribution in [0.5, 0.6) is 0 Å². The molecular weight excluding hydrogens is 242 g/mol. The molecule has 2 aromatic rings. The first-order valence-electron chi connectivity index (χ1n) is 5.03. The molecule has 0 fully saturated rings. The average molecular weight is 256 g/mol. The lowest BCUT2D eigenvalue weighted by Gasteiger charge is -2.10. The minimum Gasteiger partial charge on any atom is -0.480 e. The number of carboxylic acids is 1. The number of para-hydroxylation sites is 1. The number of aliphatic carboxylic acids is 1. The van der Waals surface area contributed by atoms with Gasteiger partial charge in [-0.3, -0.25) is 9.69 Å². The molecule has 0 saturated heterocycles. The molecule has 0 spiro atoms. The Kier molecular flexibility index (Phi) is 4.54. The Bertz CT molecular complexity index is 476. The fourth-order valence-corrected chi connectivity index (χ4v) is 1.67. The molecule has 1 N–H and O–H groups in total. The average Bonchev–Trinajstić information content (AvgIpc) is 2.57. The van der Waals surface area contributed by atoms with Gasteiger partial charge in [0.25, 0.3) is 0 Å². The van der Waals surface area contributed by atoms with Crippen molar-refractivity contribution in [2.45, 2.75) is 6.54 Å². The van der Waals surface area contributed by atoms with Gasteiger partial charge in [-0.25, -0.2) is 0 Å². The molecule has 2 rings (SSSR count). The summed E-state index contributed by atoms with van der Waals surface area (Å²) in [6.45, 7) is 0.512. The predicted molar refractivity (Wildman–Crippen MR) is 67.4 cm³/mol. The molecule has 1 aromatic heterocycles. The summed E-state index contributed by atoms with van der Waals surface area (Å²) in [5, 5.41) is 9.67. The van der Waals surface area contributed by atoms with Crippen LogP contribution in [-0.2, 0) is 11.3 Å². The minimum atomic E-state index is -0.835. The standard InChI is InChI=1S/C12H13NO3.ClH/c1-13(8-12(14)15)7-10-6-9-4-2-3-5-11(9)16-10;/h2-6H,7-8H2,1H3,(H,14,15);1H. The van der Waals surface area contributed by atoms with Gasteiger partial charge in [0.1, 0.15) is 11.3 Å². The zero-order valence-corrected chi connectivity index (χ0v) is 10.2. The number of hydrogen-bond acceptors (Lipinski definition) is 3. The molecule has 0 aliphatic rings. The quantitative estimate of drug-likeness (QED) is 0.911. The Morgan fingerprint density at radius 1 is 1.41 bits per heavy atom. The van der Waals surface area contributed by atoms with Gasteiger partial charge in [0.2, 0.25) is 0 Å². The van der Waals surface area contributed by atoms with Crippen LogP contribution >= 0.6 is 12.4 Å². The molecule has 1 heterocycles. The van der Waals surface area contributed by atoms with Crippen LogP contribution in [-0.4, -0.2) is 29.6 Å². The largest absolute Gasteiger partial charge is 0.480 e. The summed E-state index contributed by atoms with van der Waals surface area (Å²) in [4.78, 5) is 12.2. The zero-order valence-electron chi connectivity index (χ0n) is 9.42. The van der Waals surface area contributed by atoms with Crippen molar-refractivity contribution in [1.29, 1.82) is 0 Å². The summed E-state index contributed by atoms with van der Waals surface area (Å²) >= 11 is 0. The van der Waals surface area contributed by atoms with Gasteiger partial charge in [0, 0.05) is 5.39 Å². The van der Waals surface area contributed by atoms with Gasteiger partial charge in [-0.1, -0.05) is 18.2 Å². The lowest BCUT2D eigenvalue weighted by Crippen LogP contribution is -2.24. The summed E-state index contributed by atoms with van der Waals surface area (Å²) in [5.41, 5.74) is 0.834. The SMILES string of the molecule is CN(CC(=O)O)Cc1cc2ccccc2o1.Cl. The Morgan fingerprint density at radius 2 is 2.12 bits per heavy atom. The van der Waals surface area contributed by atoms with Gasteiger partial charge in [-0.05, 0) is 19.2 Å². The highest BCUT2D eigenvalue weighted by Crippen LogP contribution is 2.19. The predicted octanol–water partition coefficient (Wildman–Crippen LogP) is 2.37. The van der Waals surface area contributed by atoms with Gasteiger partial charge in [0.15, 0.2) is 0 Å². The molecular formula is C12H14ClNO3. The second kappa shape index (κ2) is 5.70. The first-order chi connectivity index (χ1) is 7.65. The van der Waals surface area contributed by atoms with E-state index in [-0.39, 0.29) is 19.0 Å². The van der Waals surface area contributed by atoms with Crippen molar-refractivity contribution in [3.63, 3.8) is 0 Å². The van der Waals surface area contributed by atoms with E-state index in [2.05, 4.69) is 0 Å². The van der Waals surface area contributed by atoms with Crippen LogP contribution in [0.15, 0.2) is 34.7 Å².